The average molecular weight is 248 g/mol. The zero-order valence-electron chi connectivity index (χ0n) is 11.6. The van der Waals surface area contributed by atoms with Crippen molar-refractivity contribution >= 4 is 12.6 Å². The Bertz CT molecular complexity index is 419. The van der Waals surface area contributed by atoms with Crippen LogP contribution in [0.15, 0.2) is 18.5 Å². The van der Waals surface area contributed by atoms with Gasteiger partial charge in [-0.05, 0) is 46.2 Å². The maximum absolute atomic E-state index is 5.99. The summed E-state index contributed by atoms with van der Waals surface area (Å²) in [6.07, 6.45) is 4.45. The first-order valence-electron chi connectivity index (χ1n) is 6.35. The highest BCUT2D eigenvalue weighted by Gasteiger charge is 2.51. The van der Waals surface area contributed by atoms with Crippen LogP contribution in [0.5, 0.6) is 0 Å². The van der Waals surface area contributed by atoms with Gasteiger partial charge in [-0.15, -0.1) is 0 Å². The van der Waals surface area contributed by atoms with Crippen LogP contribution in [0.3, 0.4) is 0 Å². The van der Waals surface area contributed by atoms with Crippen molar-refractivity contribution < 1.29 is 9.31 Å². The molecule has 5 heteroatoms. The molecule has 1 aliphatic heterocycles. The van der Waals surface area contributed by atoms with Gasteiger partial charge in [0.1, 0.15) is 0 Å². The molecular formula is C13H21BN2O2. The lowest BCUT2D eigenvalue weighted by Crippen LogP contribution is -2.41. The van der Waals surface area contributed by atoms with Crippen molar-refractivity contribution in [3.8, 4) is 0 Å². The molecule has 0 amide bonds. The van der Waals surface area contributed by atoms with Gasteiger partial charge in [0, 0.05) is 17.9 Å². The number of rotatable bonds is 3. The van der Waals surface area contributed by atoms with E-state index in [1.165, 1.54) is 0 Å². The predicted molar refractivity (Wildman–Crippen MR) is 72.7 cm³/mol. The van der Waals surface area contributed by atoms with E-state index in [1.807, 2.05) is 33.9 Å². The maximum Gasteiger partial charge on any atom is 0.496 e. The molecule has 0 atom stereocenters. The highest BCUT2D eigenvalue weighted by atomic mass is 16.7. The Morgan fingerprint density at radius 1 is 1.17 bits per heavy atom. The third-order valence-corrected chi connectivity index (χ3v) is 3.77. The van der Waals surface area contributed by atoms with E-state index in [0.29, 0.717) is 6.54 Å². The molecule has 1 aromatic rings. The summed E-state index contributed by atoms with van der Waals surface area (Å²) >= 11 is 0. The Kier molecular flexibility index (Phi) is 3.49. The van der Waals surface area contributed by atoms with Gasteiger partial charge in [0.15, 0.2) is 0 Å². The predicted octanol–water partition coefficient (Wildman–Crippen LogP) is 0.882. The Balaban J connectivity index is 2.21. The standard InChI is InChI=1S/C13H21BN2O2/c1-12(2)13(3,4)18-14(17-12)11-7-10(5-6-15)8-16-9-11/h7-9H,5-6,15H2,1-4H3. The molecule has 0 aliphatic carbocycles. The van der Waals surface area contributed by atoms with Crippen LogP contribution in [0.1, 0.15) is 33.3 Å². The van der Waals surface area contributed by atoms with Gasteiger partial charge in [-0.1, -0.05) is 6.07 Å². The zero-order chi connectivity index (χ0) is 13.4. The fourth-order valence-corrected chi connectivity index (χ4v) is 1.92. The van der Waals surface area contributed by atoms with Gasteiger partial charge in [0.2, 0.25) is 0 Å². The zero-order valence-corrected chi connectivity index (χ0v) is 11.6. The fourth-order valence-electron chi connectivity index (χ4n) is 1.92. The molecule has 2 heterocycles. The van der Waals surface area contributed by atoms with E-state index < -0.39 is 0 Å². The summed E-state index contributed by atoms with van der Waals surface area (Å²) in [6, 6.07) is 2.06. The van der Waals surface area contributed by atoms with Crippen LogP contribution >= 0.6 is 0 Å². The lowest BCUT2D eigenvalue weighted by atomic mass is 9.79. The van der Waals surface area contributed by atoms with Gasteiger partial charge in [-0.25, -0.2) is 0 Å². The van der Waals surface area contributed by atoms with E-state index in [2.05, 4.69) is 11.1 Å². The summed E-state index contributed by atoms with van der Waals surface area (Å²) < 4.78 is 12.0. The van der Waals surface area contributed by atoms with Crippen molar-refractivity contribution in [2.24, 2.45) is 5.73 Å². The molecule has 98 valence electrons. The normalized spacial score (nSPS) is 21.3. The van der Waals surface area contributed by atoms with Gasteiger partial charge in [0.05, 0.1) is 11.2 Å². The van der Waals surface area contributed by atoms with Crippen LogP contribution < -0.4 is 11.2 Å². The average Bonchev–Trinajstić information content (AvgIpc) is 2.49. The monoisotopic (exact) mass is 248 g/mol. The molecule has 1 aliphatic rings. The summed E-state index contributed by atoms with van der Waals surface area (Å²) in [5.74, 6) is 0. The summed E-state index contributed by atoms with van der Waals surface area (Å²) in [4.78, 5) is 4.23. The first-order valence-corrected chi connectivity index (χ1v) is 6.35. The van der Waals surface area contributed by atoms with Crippen LogP contribution in [-0.4, -0.2) is 29.8 Å². The summed E-state index contributed by atoms with van der Waals surface area (Å²) in [5.41, 5.74) is 7.00. The maximum atomic E-state index is 5.99. The number of pyridine rings is 1. The van der Waals surface area contributed by atoms with E-state index in [1.54, 1.807) is 6.20 Å². The Labute approximate surface area is 109 Å². The van der Waals surface area contributed by atoms with Crippen LogP contribution in [-0.2, 0) is 15.7 Å². The minimum absolute atomic E-state index is 0.318. The Morgan fingerprint density at radius 3 is 2.33 bits per heavy atom. The van der Waals surface area contributed by atoms with Crippen LogP contribution in [0.2, 0.25) is 0 Å². The van der Waals surface area contributed by atoms with Gasteiger partial charge < -0.3 is 15.0 Å². The van der Waals surface area contributed by atoms with E-state index >= 15 is 0 Å². The Hall–Kier alpha value is -0.905. The lowest BCUT2D eigenvalue weighted by molar-refractivity contribution is 0.00578. The van der Waals surface area contributed by atoms with Crippen molar-refractivity contribution in [3.63, 3.8) is 0 Å². The number of nitrogens with two attached hydrogens (primary N) is 1. The largest absolute Gasteiger partial charge is 0.496 e. The Morgan fingerprint density at radius 2 is 1.78 bits per heavy atom. The molecule has 0 aromatic carbocycles. The molecule has 1 aromatic heterocycles. The lowest BCUT2D eigenvalue weighted by Gasteiger charge is -2.32. The second-order valence-corrected chi connectivity index (χ2v) is 5.75. The third kappa shape index (κ3) is 2.43. The van der Waals surface area contributed by atoms with Crippen molar-refractivity contribution in [2.45, 2.75) is 45.3 Å². The minimum Gasteiger partial charge on any atom is -0.399 e. The number of hydrogen-bond donors (Lipinski definition) is 1. The quantitative estimate of drug-likeness (QED) is 0.807. The molecule has 18 heavy (non-hydrogen) atoms. The number of hydrogen-bond acceptors (Lipinski definition) is 4. The van der Waals surface area contributed by atoms with Crippen molar-refractivity contribution in [1.82, 2.24) is 4.98 Å². The SMILES string of the molecule is CC1(C)OB(c2cncc(CCN)c2)OC1(C)C. The molecule has 1 saturated heterocycles. The molecule has 2 N–H and O–H groups in total. The fraction of sp³-hybridized carbons (Fsp3) is 0.615. The second-order valence-electron chi connectivity index (χ2n) is 5.75. The smallest absolute Gasteiger partial charge is 0.399 e. The van der Waals surface area contributed by atoms with Crippen molar-refractivity contribution in [3.05, 3.63) is 24.0 Å². The molecule has 0 radical (unpaired) electrons. The van der Waals surface area contributed by atoms with Gasteiger partial charge >= 0.3 is 7.12 Å². The second kappa shape index (κ2) is 4.65. The van der Waals surface area contributed by atoms with E-state index in [4.69, 9.17) is 15.0 Å². The molecule has 0 spiro atoms. The van der Waals surface area contributed by atoms with E-state index in [9.17, 15) is 0 Å². The third-order valence-electron chi connectivity index (χ3n) is 3.77. The highest BCUT2D eigenvalue weighted by molar-refractivity contribution is 6.62. The summed E-state index contributed by atoms with van der Waals surface area (Å²) in [6.45, 7) is 8.80. The van der Waals surface area contributed by atoms with E-state index in [0.717, 1.165) is 17.4 Å². The molecule has 0 unspecified atom stereocenters. The van der Waals surface area contributed by atoms with Crippen molar-refractivity contribution in [1.29, 1.82) is 0 Å². The van der Waals surface area contributed by atoms with Gasteiger partial charge in [-0.2, -0.15) is 0 Å². The minimum atomic E-state index is -0.347. The first kappa shape index (κ1) is 13.5. The first-order chi connectivity index (χ1) is 8.36. The molecule has 0 bridgehead atoms. The van der Waals surface area contributed by atoms with Crippen molar-refractivity contribution in [2.75, 3.05) is 6.54 Å². The van der Waals surface area contributed by atoms with Gasteiger partial charge in [0.25, 0.3) is 0 Å². The summed E-state index contributed by atoms with van der Waals surface area (Å²) in [7, 11) is -0.347. The molecular weight excluding hydrogens is 227 g/mol. The van der Waals surface area contributed by atoms with Crippen LogP contribution in [0.4, 0.5) is 0 Å². The molecule has 2 rings (SSSR count). The molecule has 1 fully saturated rings. The van der Waals surface area contributed by atoms with Gasteiger partial charge in [-0.3, -0.25) is 4.98 Å². The van der Waals surface area contributed by atoms with Crippen LogP contribution in [0.25, 0.3) is 0 Å². The summed E-state index contributed by atoms with van der Waals surface area (Å²) in [5, 5.41) is 0. The number of aromatic nitrogens is 1. The van der Waals surface area contributed by atoms with E-state index in [-0.39, 0.29) is 18.3 Å². The number of nitrogens with zero attached hydrogens (tertiary/aromatic N) is 1. The molecule has 4 nitrogen and oxygen atoms in total. The highest BCUT2D eigenvalue weighted by Crippen LogP contribution is 2.36. The van der Waals surface area contributed by atoms with Crippen LogP contribution in [0, 0.1) is 0 Å². The topological polar surface area (TPSA) is 57.4 Å². The molecule has 0 saturated carbocycles.